The van der Waals surface area contributed by atoms with Gasteiger partial charge in [-0.05, 0) is 28.4 Å². The van der Waals surface area contributed by atoms with Gasteiger partial charge in [-0.1, -0.05) is 13.8 Å². The summed E-state index contributed by atoms with van der Waals surface area (Å²) >= 11 is 4.46. The molecule has 2 N–H and O–H groups in total. The molecule has 0 radical (unpaired) electrons. The van der Waals surface area contributed by atoms with Crippen LogP contribution >= 0.6 is 27.3 Å². The summed E-state index contributed by atoms with van der Waals surface area (Å²) in [4.78, 5) is 0.795. The second-order valence-electron chi connectivity index (χ2n) is 5.46. The Morgan fingerprint density at radius 1 is 1.60 bits per heavy atom. The molecule has 2 atom stereocenters. The molecule has 1 aromatic rings. The summed E-state index contributed by atoms with van der Waals surface area (Å²) < 4.78 is 33.4. The lowest BCUT2D eigenvalue weighted by Gasteiger charge is -2.50. The van der Waals surface area contributed by atoms with Crippen molar-refractivity contribution in [2.45, 2.75) is 43.9 Å². The molecular formula is C12H18BrNO4S2. The van der Waals surface area contributed by atoms with E-state index >= 15 is 0 Å². The lowest BCUT2D eigenvalue weighted by molar-refractivity contribution is -0.0908. The average Bonchev–Trinajstić information content (AvgIpc) is 2.76. The van der Waals surface area contributed by atoms with Gasteiger partial charge in [-0.2, -0.15) is 0 Å². The van der Waals surface area contributed by atoms with Crippen molar-refractivity contribution in [1.82, 2.24) is 4.72 Å². The van der Waals surface area contributed by atoms with E-state index in [1.54, 1.807) is 7.11 Å². The number of rotatable bonds is 5. The van der Waals surface area contributed by atoms with Gasteiger partial charge in [0.1, 0.15) is 4.90 Å². The van der Waals surface area contributed by atoms with E-state index in [-0.39, 0.29) is 29.1 Å². The highest BCUT2D eigenvalue weighted by Crippen LogP contribution is 2.43. The van der Waals surface area contributed by atoms with Crippen molar-refractivity contribution in [2.75, 3.05) is 7.11 Å². The van der Waals surface area contributed by atoms with Crippen molar-refractivity contribution in [1.29, 1.82) is 0 Å². The largest absolute Gasteiger partial charge is 0.391 e. The van der Waals surface area contributed by atoms with E-state index in [0.29, 0.717) is 15.1 Å². The molecule has 1 fully saturated rings. The van der Waals surface area contributed by atoms with Crippen LogP contribution in [-0.4, -0.2) is 32.8 Å². The normalized spacial score (nSPS) is 25.4. The fraction of sp³-hybridized carbons (Fsp3) is 0.667. The molecule has 0 amide bonds. The fourth-order valence-corrected chi connectivity index (χ4v) is 6.34. The molecule has 1 aromatic heterocycles. The Morgan fingerprint density at radius 2 is 2.25 bits per heavy atom. The van der Waals surface area contributed by atoms with Crippen LogP contribution in [0.1, 0.15) is 25.1 Å². The van der Waals surface area contributed by atoms with Crippen molar-refractivity contribution < 1.29 is 18.3 Å². The van der Waals surface area contributed by atoms with Crippen LogP contribution in [-0.2, 0) is 21.4 Å². The van der Waals surface area contributed by atoms with Crippen LogP contribution in [0.5, 0.6) is 0 Å². The molecule has 1 saturated carbocycles. The van der Waals surface area contributed by atoms with Crippen LogP contribution in [0.15, 0.2) is 14.7 Å². The molecule has 20 heavy (non-hydrogen) atoms. The zero-order valence-electron chi connectivity index (χ0n) is 11.5. The summed E-state index contributed by atoms with van der Waals surface area (Å²) in [5.41, 5.74) is -0.232. The molecule has 2 unspecified atom stereocenters. The maximum absolute atomic E-state index is 12.4. The average molecular weight is 384 g/mol. The Morgan fingerprint density at radius 3 is 2.70 bits per heavy atom. The molecule has 8 heteroatoms. The minimum absolute atomic E-state index is 0.0640. The lowest BCUT2D eigenvalue weighted by atomic mass is 9.65. The summed E-state index contributed by atoms with van der Waals surface area (Å²) in [6.07, 6.45) is 0.728. The molecule has 0 saturated heterocycles. The third-order valence-electron chi connectivity index (χ3n) is 3.91. The second-order valence-corrected chi connectivity index (χ2v) is 9.60. The lowest BCUT2D eigenvalue weighted by Crippen LogP contribution is -2.61. The van der Waals surface area contributed by atoms with Gasteiger partial charge < -0.3 is 9.84 Å². The van der Waals surface area contributed by atoms with Gasteiger partial charge >= 0.3 is 0 Å². The number of thiophene rings is 1. The first-order valence-corrected chi connectivity index (χ1v) is 9.26. The van der Waals surface area contributed by atoms with Crippen LogP contribution in [0.3, 0.4) is 0 Å². The topological polar surface area (TPSA) is 75.6 Å². The summed E-state index contributed by atoms with van der Waals surface area (Å²) in [6.45, 7) is 3.80. The number of hydrogen-bond acceptors (Lipinski definition) is 5. The van der Waals surface area contributed by atoms with Crippen LogP contribution < -0.4 is 4.72 Å². The number of nitrogens with one attached hydrogen (secondary N) is 1. The van der Waals surface area contributed by atoms with Crippen LogP contribution in [0, 0.1) is 5.41 Å². The molecule has 1 heterocycles. The van der Waals surface area contributed by atoms with Crippen molar-refractivity contribution in [3.8, 4) is 0 Å². The molecule has 0 spiro atoms. The van der Waals surface area contributed by atoms with E-state index in [1.807, 2.05) is 13.8 Å². The number of aliphatic hydroxyl groups excluding tert-OH is 1. The fourth-order valence-electron chi connectivity index (χ4n) is 2.40. The highest BCUT2D eigenvalue weighted by atomic mass is 79.9. The van der Waals surface area contributed by atoms with Crippen LogP contribution in [0.2, 0.25) is 0 Å². The van der Waals surface area contributed by atoms with E-state index in [9.17, 15) is 8.42 Å². The van der Waals surface area contributed by atoms with Gasteiger partial charge in [0, 0.05) is 23.4 Å². The number of hydrogen-bond donors (Lipinski definition) is 2. The molecule has 2 rings (SSSR count). The van der Waals surface area contributed by atoms with Gasteiger partial charge in [-0.3, -0.25) is 0 Å². The maximum Gasteiger partial charge on any atom is 0.242 e. The number of sulfonamides is 1. The second kappa shape index (κ2) is 5.66. The number of ether oxygens (including phenoxy) is 1. The van der Waals surface area contributed by atoms with Crippen molar-refractivity contribution in [2.24, 2.45) is 5.41 Å². The molecule has 5 nitrogen and oxygen atoms in total. The SMILES string of the molecule is COC1CC(NS(=O)(=O)c2cc(CO)sc2Br)C1(C)C. The molecular weight excluding hydrogens is 366 g/mol. The van der Waals surface area contributed by atoms with Gasteiger partial charge in [0.15, 0.2) is 0 Å². The van der Waals surface area contributed by atoms with Gasteiger partial charge in [0.25, 0.3) is 0 Å². The summed E-state index contributed by atoms with van der Waals surface area (Å²) in [5, 5.41) is 9.09. The van der Waals surface area contributed by atoms with E-state index in [0.717, 1.165) is 0 Å². The predicted molar refractivity (Wildman–Crippen MR) is 81.2 cm³/mol. The molecule has 0 aromatic carbocycles. The van der Waals surface area contributed by atoms with E-state index < -0.39 is 10.0 Å². The Bertz CT molecular complexity index is 597. The smallest absolute Gasteiger partial charge is 0.242 e. The zero-order chi connectivity index (χ0) is 15.1. The Hall–Kier alpha value is 0.01000. The number of aliphatic hydroxyl groups is 1. The summed E-state index contributed by atoms with van der Waals surface area (Å²) in [7, 11) is -1.96. The minimum atomic E-state index is -3.60. The molecule has 0 bridgehead atoms. The van der Waals surface area contributed by atoms with E-state index in [1.165, 1.54) is 17.4 Å². The van der Waals surface area contributed by atoms with Crippen molar-refractivity contribution in [3.05, 3.63) is 14.7 Å². The monoisotopic (exact) mass is 383 g/mol. The Balaban J connectivity index is 2.18. The van der Waals surface area contributed by atoms with E-state index in [4.69, 9.17) is 9.84 Å². The first kappa shape index (κ1) is 16.4. The molecule has 0 aliphatic heterocycles. The number of halogens is 1. The van der Waals surface area contributed by atoms with Gasteiger partial charge in [-0.15, -0.1) is 11.3 Å². The van der Waals surface area contributed by atoms with Crippen LogP contribution in [0.25, 0.3) is 0 Å². The van der Waals surface area contributed by atoms with Gasteiger partial charge in [0.05, 0.1) is 16.5 Å². The quantitative estimate of drug-likeness (QED) is 0.815. The van der Waals surface area contributed by atoms with Crippen LogP contribution in [0.4, 0.5) is 0 Å². The van der Waals surface area contributed by atoms with Gasteiger partial charge in [-0.25, -0.2) is 13.1 Å². The zero-order valence-corrected chi connectivity index (χ0v) is 14.7. The summed E-state index contributed by atoms with van der Waals surface area (Å²) in [5.74, 6) is 0. The van der Waals surface area contributed by atoms with Crippen molar-refractivity contribution >= 4 is 37.3 Å². The molecule has 1 aliphatic carbocycles. The number of methoxy groups -OCH3 is 1. The predicted octanol–water partition coefficient (Wildman–Crippen LogP) is 2.09. The maximum atomic E-state index is 12.4. The standard InChI is InChI=1S/C12H18BrNO4S2/c1-12(2)9(5-10(12)18-3)14-20(16,17)8-4-7(6-15)19-11(8)13/h4,9-10,14-15H,5-6H2,1-3H3. The molecule has 1 aliphatic rings. The first-order chi connectivity index (χ1) is 9.22. The minimum Gasteiger partial charge on any atom is -0.391 e. The Labute approximate surface area is 131 Å². The first-order valence-electron chi connectivity index (χ1n) is 6.16. The Kier molecular flexibility index (Phi) is 4.63. The van der Waals surface area contributed by atoms with Gasteiger partial charge in [0.2, 0.25) is 10.0 Å². The summed E-state index contributed by atoms with van der Waals surface area (Å²) in [6, 6.07) is 1.35. The third kappa shape index (κ3) is 2.82. The third-order valence-corrected chi connectivity index (χ3v) is 7.62. The molecule has 114 valence electrons. The van der Waals surface area contributed by atoms with E-state index in [2.05, 4.69) is 20.7 Å². The van der Waals surface area contributed by atoms with Crippen molar-refractivity contribution in [3.63, 3.8) is 0 Å². The highest BCUT2D eigenvalue weighted by Gasteiger charge is 2.50. The highest BCUT2D eigenvalue weighted by molar-refractivity contribution is 9.11.